The van der Waals surface area contributed by atoms with Crippen LogP contribution < -0.4 is 24.4 Å². The fourth-order valence-electron chi connectivity index (χ4n) is 5.12. The van der Waals surface area contributed by atoms with Gasteiger partial charge in [-0.3, -0.25) is 9.36 Å². The molecule has 47 heavy (non-hydrogen) atoms. The number of aromatic nitrogens is 1. The molecule has 1 aliphatic rings. The third-order valence-corrected chi connectivity index (χ3v) is 9.32. The van der Waals surface area contributed by atoms with Crippen LogP contribution in [-0.4, -0.2) is 36.3 Å². The first-order valence-electron chi connectivity index (χ1n) is 15.0. The average Bonchev–Trinajstić information content (AvgIpc) is 3.34. The number of hydrogen-bond donors (Lipinski definition) is 0. The number of fused-ring (bicyclic) bond motifs is 1. The van der Waals surface area contributed by atoms with Crippen LogP contribution in [0.4, 0.5) is 0 Å². The van der Waals surface area contributed by atoms with Gasteiger partial charge < -0.3 is 18.9 Å². The van der Waals surface area contributed by atoms with Gasteiger partial charge in [0.2, 0.25) is 0 Å². The number of hydrogen-bond acceptors (Lipinski definition) is 9. The summed E-state index contributed by atoms with van der Waals surface area (Å²) in [4.78, 5) is 44.3. The summed E-state index contributed by atoms with van der Waals surface area (Å²) in [5, 5.41) is 0.421. The van der Waals surface area contributed by atoms with Gasteiger partial charge in [0.15, 0.2) is 16.3 Å². The number of benzene rings is 3. The van der Waals surface area contributed by atoms with Crippen LogP contribution in [0.5, 0.6) is 11.5 Å². The van der Waals surface area contributed by atoms with E-state index in [9.17, 15) is 14.4 Å². The Kier molecular flexibility index (Phi) is 11.2. The van der Waals surface area contributed by atoms with E-state index in [1.165, 1.54) is 15.9 Å². The lowest BCUT2D eigenvalue weighted by Crippen LogP contribution is -2.40. The predicted octanol–water partition coefficient (Wildman–Crippen LogP) is 6.21. The molecule has 4 aromatic rings. The second-order valence-corrected chi connectivity index (χ2v) is 12.9. The summed E-state index contributed by atoms with van der Waals surface area (Å²) < 4.78 is 25.3. The van der Waals surface area contributed by atoms with Gasteiger partial charge in [-0.25, -0.2) is 14.6 Å². The zero-order valence-electron chi connectivity index (χ0n) is 26.2. The number of carbonyl (C=O) groups excluding carboxylic acids is 2. The van der Waals surface area contributed by atoms with Crippen molar-refractivity contribution in [2.24, 2.45) is 4.99 Å². The number of allylic oxidation sites excluding steroid dienone is 1. The van der Waals surface area contributed by atoms with Crippen LogP contribution in [-0.2, 0) is 20.9 Å². The Morgan fingerprint density at radius 2 is 1.68 bits per heavy atom. The van der Waals surface area contributed by atoms with Gasteiger partial charge >= 0.3 is 11.9 Å². The predicted molar refractivity (Wildman–Crippen MR) is 189 cm³/mol. The molecule has 12 heteroatoms. The van der Waals surface area contributed by atoms with Crippen LogP contribution in [0.1, 0.15) is 60.8 Å². The third kappa shape index (κ3) is 7.47. The molecule has 0 aliphatic carbocycles. The van der Waals surface area contributed by atoms with E-state index in [0.29, 0.717) is 55.9 Å². The van der Waals surface area contributed by atoms with Crippen molar-refractivity contribution in [2.45, 2.75) is 40.3 Å². The molecular formula is C35H32ClIN2O7S. The molecule has 3 aromatic carbocycles. The van der Waals surface area contributed by atoms with Crippen LogP contribution in [0.3, 0.4) is 0 Å². The molecule has 1 aliphatic heterocycles. The van der Waals surface area contributed by atoms with Crippen molar-refractivity contribution >= 4 is 63.5 Å². The van der Waals surface area contributed by atoms with Gasteiger partial charge in [-0.15, -0.1) is 0 Å². The van der Waals surface area contributed by atoms with Crippen molar-refractivity contribution in [1.29, 1.82) is 0 Å². The van der Waals surface area contributed by atoms with E-state index in [2.05, 4.69) is 27.6 Å². The molecular weight excluding hydrogens is 755 g/mol. The molecule has 0 amide bonds. The van der Waals surface area contributed by atoms with Crippen LogP contribution in [0, 0.1) is 3.57 Å². The lowest BCUT2D eigenvalue weighted by molar-refractivity contribution is -0.139. The zero-order valence-corrected chi connectivity index (χ0v) is 29.9. The molecule has 1 aromatic heterocycles. The van der Waals surface area contributed by atoms with E-state index in [1.807, 2.05) is 37.3 Å². The van der Waals surface area contributed by atoms with Crippen molar-refractivity contribution < 1.29 is 28.5 Å². The number of rotatable bonds is 11. The van der Waals surface area contributed by atoms with Crippen molar-refractivity contribution in [2.75, 3.05) is 19.8 Å². The van der Waals surface area contributed by atoms with Crippen LogP contribution >= 0.6 is 45.5 Å². The van der Waals surface area contributed by atoms with E-state index >= 15 is 0 Å². The Balaban J connectivity index is 1.52. The highest BCUT2D eigenvalue weighted by Gasteiger charge is 2.34. The highest BCUT2D eigenvalue weighted by atomic mass is 127. The molecule has 0 unspecified atom stereocenters. The monoisotopic (exact) mass is 786 g/mol. The second kappa shape index (κ2) is 15.3. The number of carbonyl (C=O) groups is 2. The minimum absolute atomic E-state index is 0.178. The molecule has 0 saturated heterocycles. The van der Waals surface area contributed by atoms with Gasteiger partial charge in [-0.2, -0.15) is 0 Å². The van der Waals surface area contributed by atoms with E-state index < -0.39 is 12.0 Å². The molecule has 0 radical (unpaired) electrons. The van der Waals surface area contributed by atoms with Crippen LogP contribution in [0.25, 0.3) is 6.08 Å². The minimum atomic E-state index is -0.803. The van der Waals surface area contributed by atoms with E-state index in [4.69, 9.17) is 30.5 Å². The molecule has 5 rings (SSSR count). The summed E-state index contributed by atoms with van der Waals surface area (Å²) in [6.45, 7) is 8.25. The standard InChI is InChI=1S/C35H32ClIN2O7S/c1-5-43-27-17-22(16-26(37)31(27)46-19-21-12-14-23(15-13-21)33(41)44-6-2)18-28-32(40)39-30(24-10-8-9-11-25(24)36)29(34(42)45-7-3)20(4)38-35(39)47-28/h8-18,30H,5-7,19H2,1-4H3/b28-18-/t30-/m0/s1. The molecule has 2 heterocycles. The molecule has 0 N–H and O–H groups in total. The lowest BCUT2D eigenvalue weighted by Gasteiger charge is -2.25. The maximum Gasteiger partial charge on any atom is 0.338 e. The quantitative estimate of drug-likeness (QED) is 0.132. The first-order valence-corrected chi connectivity index (χ1v) is 17.2. The number of nitrogens with zero attached hydrogens (tertiary/aromatic N) is 2. The van der Waals surface area contributed by atoms with Crippen molar-refractivity contribution in [3.8, 4) is 11.5 Å². The minimum Gasteiger partial charge on any atom is -0.490 e. The van der Waals surface area contributed by atoms with Gasteiger partial charge in [0.25, 0.3) is 5.56 Å². The Hall–Kier alpha value is -3.94. The molecule has 0 spiro atoms. The van der Waals surface area contributed by atoms with Crippen LogP contribution in [0.2, 0.25) is 5.02 Å². The molecule has 0 bridgehead atoms. The van der Waals surface area contributed by atoms with E-state index in [-0.39, 0.29) is 30.3 Å². The Labute approximate surface area is 294 Å². The SMILES string of the molecule is CCOC(=O)C1=C(C)N=c2s/c(=C\c3cc(I)c(OCc4ccc(C(=O)OCC)cc4)c(OCC)c3)c(=O)n2[C@H]1c1ccccc1Cl. The molecule has 9 nitrogen and oxygen atoms in total. The molecule has 1 atom stereocenters. The van der Waals surface area contributed by atoms with Crippen molar-refractivity contribution in [3.05, 3.63) is 122 Å². The largest absolute Gasteiger partial charge is 0.490 e. The molecule has 0 fully saturated rings. The van der Waals surface area contributed by atoms with Gasteiger partial charge in [-0.05, 0) is 103 Å². The van der Waals surface area contributed by atoms with Crippen molar-refractivity contribution in [1.82, 2.24) is 4.57 Å². The smallest absolute Gasteiger partial charge is 0.338 e. The zero-order chi connectivity index (χ0) is 33.7. The first-order chi connectivity index (χ1) is 22.7. The Morgan fingerprint density at radius 1 is 0.979 bits per heavy atom. The normalized spacial score (nSPS) is 14.3. The van der Waals surface area contributed by atoms with Gasteiger partial charge in [0.05, 0.1) is 44.8 Å². The van der Waals surface area contributed by atoms with Crippen molar-refractivity contribution in [3.63, 3.8) is 0 Å². The number of halogens is 2. The third-order valence-electron chi connectivity index (χ3n) is 7.19. The summed E-state index contributed by atoms with van der Waals surface area (Å²) in [6.07, 6.45) is 1.78. The second-order valence-electron chi connectivity index (χ2n) is 10.3. The number of esters is 2. The molecule has 0 saturated carbocycles. The van der Waals surface area contributed by atoms with Gasteiger partial charge in [-0.1, -0.05) is 53.3 Å². The van der Waals surface area contributed by atoms with Gasteiger partial charge in [0, 0.05) is 5.02 Å². The number of ether oxygens (including phenoxy) is 4. The summed E-state index contributed by atoms with van der Waals surface area (Å²) in [5.41, 5.74) is 3.09. The maximum absolute atomic E-state index is 14.0. The lowest BCUT2D eigenvalue weighted by atomic mass is 9.96. The summed E-state index contributed by atoms with van der Waals surface area (Å²) in [7, 11) is 0. The van der Waals surface area contributed by atoms with E-state index in [1.54, 1.807) is 57.2 Å². The Morgan fingerprint density at radius 3 is 2.36 bits per heavy atom. The summed E-state index contributed by atoms with van der Waals surface area (Å²) in [5.74, 6) is 0.171. The summed E-state index contributed by atoms with van der Waals surface area (Å²) >= 11 is 10.0. The average molecular weight is 787 g/mol. The molecule has 244 valence electrons. The maximum atomic E-state index is 14.0. The number of thiazole rings is 1. The fraction of sp³-hybridized carbons (Fsp3) is 0.257. The Bertz CT molecular complexity index is 2040. The first kappa shape index (κ1) is 34.4. The fourth-order valence-corrected chi connectivity index (χ4v) is 7.18. The topological polar surface area (TPSA) is 105 Å². The van der Waals surface area contributed by atoms with Crippen LogP contribution in [0.15, 0.2) is 81.7 Å². The van der Waals surface area contributed by atoms with E-state index in [0.717, 1.165) is 14.7 Å². The van der Waals surface area contributed by atoms with Gasteiger partial charge in [0.1, 0.15) is 12.6 Å². The highest BCUT2D eigenvalue weighted by molar-refractivity contribution is 14.1. The highest BCUT2D eigenvalue weighted by Crippen LogP contribution is 2.36. The summed E-state index contributed by atoms with van der Waals surface area (Å²) in [6, 6.07) is 17.1.